The summed E-state index contributed by atoms with van der Waals surface area (Å²) < 4.78 is 27.0. The monoisotopic (exact) mass is 350 g/mol. The van der Waals surface area contributed by atoms with Crippen molar-refractivity contribution in [1.82, 2.24) is 9.21 Å². The first-order valence-electron chi connectivity index (χ1n) is 8.29. The lowest BCUT2D eigenvalue weighted by atomic mass is 10.2. The van der Waals surface area contributed by atoms with Gasteiger partial charge in [0.05, 0.1) is 4.90 Å². The number of rotatable bonds is 4. The molecule has 1 aliphatic carbocycles. The molecule has 0 radical (unpaired) electrons. The summed E-state index contributed by atoms with van der Waals surface area (Å²) in [5, 5.41) is 0. The second-order valence-corrected chi connectivity index (χ2v) is 8.38. The van der Waals surface area contributed by atoms with Crippen molar-refractivity contribution in [3.8, 4) is 0 Å². The Morgan fingerprint density at radius 1 is 1.00 bits per heavy atom. The summed E-state index contributed by atoms with van der Waals surface area (Å²) >= 11 is 0. The van der Waals surface area contributed by atoms with Crippen LogP contribution < -0.4 is 0 Å². The van der Waals surface area contributed by atoms with Crippen molar-refractivity contribution in [2.75, 3.05) is 26.2 Å². The average Bonchev–Trinajstić information content (AvgIpc) is 3.40. The lowest BCUT2D eigenvalue weighted by Gasteiger charge is -2.22. The molecule has 0 bridgehead atoms. The average molecular weight is 350 g/mol. The Balaban J connectivity index is 1.72. The smallest absolute Gasteiger partial charge is 0.243 e. The van der Waals surface area contributed by atoms with Gasteiger partial charge in [0, 0.05) is 37.7 Å². The molecule has 130 valence electrons. The number of Topliss-reactive ketones (excluding diaryl/α,β-unsaturated/α-hetero) is 1. The molecule has 1 amide bonds. The number of carbonyl (C=O) groups excluding carboxylic acids is 2. The SMILES string of the molecule is CC(=O)c1ccc(S(=O)(=O)N2CCCN(C(=O)C3CC3)CC2)cc1. The van der Waals surface area contributed by atoms with Crippen molar-refractivity contribution < 1.29 is 18.0 Å². The minimum Gasteiger partial charge on any atom is -0.341 e. The van der Waals surface area contributed by atoms with Crippen LogP contribution in [-0.2, 0) is 14.8 Å². The van der Waals surface area contributed by atoms with Crippen molar-refractivity contribution in [3.05, 3.63) is 29.8 Å². The third-order valence-electron chi connectivity index (χ3n) is 4.59. The molecule has 1 saturated heterocycles. The summed E-state index contributed by atoms with van der Waals surface area (Å²) in [6.07, 6.45) is 2.56. The summed E-state index contributed by atoms with van der Waals surface area (Å²) in [4.78, 5) is 25.5. The number of nitrogens with zero attached hydrogens (tertiary/aromatic N) is 2. The Morgan fingerprint density at radius 3 is 2.25 bits per heavy atom. The third-order valence-corrected chi connectivity index (χ3v) is 6.50. The number of carbonyl (C=O) groups is 2. The van der Waals surface area contributed by atoms with Crippen LogP contribution in [0.25, 0.3) is 0 Å². The number of hydrogen-bond acceptors (Lipinski definition) is 4. The first-order chi connectivity index (χ1) is 11.4. The standard InChI is InChI=1S/C17H22N2O4S/c1-13(20)14-5-7-16(8-6-14)24(22,23)19-10-2-9-18(11-12-19)17(21)15-3-4-15/h5-8,15H,2-4,9-12H2,1H3. The minimum atomic E-state index is -3.60. The number of amides is 1. The zero-order valence-corrected chi connectivity index (χ0v) is 14.6. The largest absolute Gasteiger partial charge is 0.341 e. The van der Waals surface area contributed by atoms with E-state index in [0.717, 1.165) is 12.8 Å². The van der Waals surface area contributed by atoms with E-state index in [9.17, 15) is 18.0 Å². The van der Waals surface area contributed by atoms with Gasteiger partial charge in [-0.05, 0) is 38.3 Å². The molecule has 1 saturated carbocycles. The van der Waals surface area contributed by atoms with Gasteiger partial charge in [0.2, 0.25) is 15.9 Å². The Morgan fingerprint density at radius 2 is 1.67 bits per heavy atom. The van der Waals surface area contributed by atoms with Crippen LogP contribution in [0.15, 0.2) is 29.2 Å². The molecule has 1 aromatic rings. The molecule has 0 atom stereocenters. The quantitative estimate of drug-likeness (QED) is 0.772. The number of benzene rings is 1. The molecule has 0 N–H and O–H groups in total. The van der Waals surface area contributed by atoms with Gasteiger partial charge in [0.15, 0.2) is 5.78 Å². The maximum absolute atomic E-state index is 12.8. The summed E-state index contributed by atoms with van der Waals surface area (Å²) in [6.45, 7) is 3.23. The van der Waals surface area contributed by atoms with Crippen LogP contribution in [0.5, 0.6) is 0 Å². The normalized spacial score (nSPS) is 19.8. The zero-order valence-electron chi connectivity index (χ0n) is 13.8. The van der Waals surface area contributed by atoms with Gasteiger partial charge >= 0.3 is 0 Å². The second-order valence-electron chi connectivity index (χ2n) is 6.44. The van der Waals surface area contributed by atoms with Crippen molar-refractivity contribution in [2.24, 2.45) is 5.92 Å². The van der Waals surface area contributed by atoms with Gasteiger partial charge in [-0.15, -0.1) is 0 Å². The summed E-state index contributed by atoms with van der Waals surface area (Å²) in [5.74, 6) is 0.232. The molecule has 6 nitrogen and oxygen atoms in total. The van der Waals surface area contributed by atoms with E-state index in [0.29, 0.717) is 38.2 Å². The van der Waals surface area contributed by atoms with Gasteiger partial charge in [-0.1, -0.05) is 12.1 Å². The first kappa shape index (κ1) is 17.1. The van der Waals surface area contributed by atoms with Gasteiger partial charge in [-0.25, -0.2) is 8.42 Å². The van der Waals surface area contributed by atoms with Crippen LogP contribution >= 0.6 is 0 Å². The maximum atomic E-state index is 12.8. The highest BCUT2D eigenvalue weighted by atomic mass is 32.2. The molecule has 0 spiro atoms. The van der Waals surface area contributed by atoms with E-state index in [1.807, 2.05) is 0 Å². The minimum absolute atomic E-state index is 0.0945. The Kier molecular flexibility index (Phi) is 4.73. The third kappa shape index (κ3) is 3.52. The molecule has 0 aromatic heterocycles. The second kappa shape index (κ2) is 6.64. The van der Waals surface area contributed by atoms with Gasteiger partial charge < -0.3 is 4.90 Å². The molecular formula is C17H22N2O4S. The van der Waals surface area contributed by atoms with Crippen molar-refractivity contribution >= 4 is 21.7 Å². The van der Waals surface area contributed by atoms with E-state index in [2.05, 4.69) is 0 Å². The molecule has 1 aliphatic heterocycles. The van der Waals surface area contributed by atoms with E-state index in [1.54, 1.807) is 4.90 Å². The fourth-order valence-corrected chi connectivity index (χ4v) is 4.42. The Hall–Kier alpha value is -1.73. The molecule has 1 aromatic carbocycles. The van der Waals surface area contributed by atoms with Gasteiger partial charge in [0.25, 0.3) is 0 Å². The summed E-state index contributed by atoms with van der Waals surface area (Å²) in [6, 6.07) is 6.03. The fraction of sp³-hybridized carbons (Fsp3) is 0.529. The maximum Gasteiger partial charge on any atom is 0.243 e. The number of ketones is 1. The summed E-state index contributed by atoms with van der Waals surface area (Å²) in [7, 11) is -3.60. The van der Waals surface area contributed by atoms with Crippen molar-refractivity contribution in [3.63, 3.8) is 0 Å². The Labute approximate surface area is 142 Å². The fourth-order valence-electron chi connectivity index (χ4n) is 2.95. The first-order valence-corrected chi connectivity index (χ1v) is 9.73. The molecular weight excluding hydrogens is 328 g/mol. The predicted molar refractivity (Wildman–Crippen MR) is 89.1 cm³/mol. The Bertz CT molecular complexity index is 738. The predicted octanol–water partition coefficient (Wildman–Crippen LogP) is 1.52. The van der Waals surface area contributed by atoms with Crippen molar-refractivity contribution in [1.29, 1.82) is 0 Å². The molecule has 3 rings (SSSR count). The van der Waals surface area contributed by atoms with Gasteiger partial charge in [-0.2, -0.15) is 4.31 Å². The van der Waals surface area contributed by atoms with E-state index in [-0.39, 0.29) is 22.5 Å². The van der Waals surface area contributed by atoms with E-state index < -0.39 is 10.0 Å². The molecule has 0 unspecified atom stereocenters. The van der Waals surface area contributed by atoms with Crippen LogP contribution in [0.2, 0.25) is 0 Å². The van der Waals surface area contributed by atoms with Crippen molar-refractivity contribution in [2.45, 2.75) is 31.1 Å². The van der Waals surface area contributed by atoms with E-state index in [1.165, 1.54) is 35.5 Å². The van der Waals surface area contributed by atoms with Crippen LogP contribution in [0.3, 0.4) is 0 Å². The number of hydrogen-bond donors (Lipinski definition) is 0. The molecule has 24 heavy (non-hydrogen) atoms. The summed E-state index contributed by atoms with van der Waals surface area (Å²) in [5.41, 5.74) is 0.492. The molecule has 2 aliphatic rings. The van der Waals surface area contributed by atoms with Crippen LogP contribution in [0, 0.1) is 5.92 Å². The van der Waals surface area contributed by atoms with E-state index >= 15 is 0 Å². The van der Waals surface area contributed by atoms with Crippen LogP contribution in [-0.4, -0.2) is 55.5 Å². The lowest BCUT2D eigenvalue weighted by Crippen LogP contribution is -2.37. The molecule has 7 heteroatoms. The van der Waals surface area contributed by atoms with Crippen LogP contribution in [0.1, 0.15) is 36.5 Å². The topological polar surface area (TPSA) is 74.8 Å². The highest BCUT2D eigenvalue weighted by molar-refractivity contribution is 7.89. The number of sulfonamides is 1. The molecule has 2 fully saturated rings. The van der Waals surface area contributed by atoms with Crippen LogP contribution in [0.4, 0.5) is 0 Å². The highest BCUT2D eigenvalue weighted by Gasteiger charge is 2.35. The highest BCUT2D eigenvalue weighted by Crippen LogP contribution is 2.31. The lowest BCUT2D eigenvalue weighted by molar-refractivity contribution is -0.132. The van der Waals surface area contributed by atoms with Gasteiger partial charge in [-0.3, -0.25) is 9.59 Å². The molecule has 1 heterocycles. The van der Waals surface area contributed by atoms with E-state index in [4.69, 9.17) is 0 Å². The van der Waals surface area contributed by atoms with Gasteiger partial charge in [0.1, 0.15) is 0 Å². The zero-order chi connectivity index (χ0) is 17.3.